The van der Waals surface area contributed by atoms with E-state index in [1.54, 1.807) is 0 Å². The third-order valence-electron chi connectivity index (χ3n) is 14.5. The average molecular weight is 877 g/mol. The van der Waals surface area contributed by atoms with Crippen LogP contribution in [0.5, 0.6) is 0 Å². The molecule has 11 aromatic rings. The Bertz CT molecular complexity index is 3380. The number of hydrogen-bond donors (Lipinski definition) is 0. The quantitative estimate of drug-likeness (QED) is 0.167. The van der Waals surface area contributed by atoms with Crippen LogP contribution in [0, 0.1) is 0 Å². The molecule has 0 atom stereocenters. The molecule has 6 nitrogen and oxygen atoms in total. The highest BCUT2D eigenvalue weighted by molar-refractivity contribution is 5.97. The zero-order valence-electron chi connectivity index (χ0n) is 38.5. The van der Waals surface area contributed by atoms with Gasteiger partial charge in [0.2, 0.25) is 0 Å². The van der Waals surface area contributed by atoms with E-state index in [4.69, 9.17) is 9.97 Å². The van der Waals surface area contributed by atoms with Gasteiger partial charge >= 0.3 is 0 Å². The van der Waals surface area contributed by atoms with E-state index >= 15 is 0 Å². The lowest BCUT2D eigenvalue weighted by Gasteiger charge is -2.42. The fourth-order valence-electron chi connectivity index (χ4n) is 11.1. The van der Waals surface area contributed by atoms with Gasteiger partial charge in [0.25, 0.3) is 0 Å². The summed E-state index contributed by atoms with van der Waals surface area (Å²) in [5.41, 5.74) is 19.9. The molecule has 0 unspecified atom stereocenters. The van der Waals surface area contributed by atoms with Crippen molar-refractivity contribution in [2.45, 2.75) is 38.5 Å². The molecule has 2 aliphatic heterocycles. The Balaban J connectivity index is 0.937. The lowest BCUT2D eigenvalue weighted by atomic mass is 9.73. The summed E-state index contributed by atoms with van der Waals surface area (Å²) in [5, 5.41) is 0. The van der Waals surface area contributed by atoms with Crippen LogP contribution in [0.3, 0.4) is 0 Å². The molecule has 0 radical (unpaired) electrons. The standard InChI is InChI=1S/C62H48N6/c1-61(2)47-23-11-15-27-53(47)65(54-28-16-12-24-48(54)61)45-35-31-41(32-36-45)59-63-51-39-58-52(40-57(51)67(59)43-19-7-5-8-20-43)64-60(68(58)44-21-9-6-10-22-44)42-33-37-46(38-34-42)66-55-29-17-13-25-49(55)62(3,4)50-26-14-18-30-56(50)66/h5-40H,1-4H3. The molecule has 68 heavy (non-hydrogen) atoms. The van der Waals surface area contributed by atoms with Gasteiger partial charge < -0.3 is 9.80 Å². The summed E-state index contributed by atoms with van der Waals surface area (Å²) < 4.78 is 4.56. The fraction of sp³-hybridized carbons (Fsp3) is 0.0968. The molecule has 0 amide bonds. The Morgan fingerprint density at radius 3 is 0.926 bits per heavy atom. The maximum absolute atomic E-state index is 5.47. The van der Waals surface area contributed by atoms with Crippen LogP contribution in [0.1, 0.15) is 49.9 Å². The van der Waals surface area contributed by atoms with Crippen molar-refractivity contribution in [2.24, 2.45) is 0 Å². The van der Waals surface area contributed by atoms with Gasteiger partial charge in [-0.3, -0.25) is 9.13 Å². The largest absolute Gasteiger partial charge is 0.310 e. The number of nitrogens with zero attached hydrogens (tertiary/aromatic N) is 6. The number of rotatable bonds is 6. The Kier molecular flexibility index (Phi) is 8.80. The number of aromatic nitrogens is 4. The van der Waals surface area contributed by atoms with Crippen molar-refractivity contribution >= 4 is 56.2 Å². The van der Waals surface area contributed by atoms with Crippen molar-refractivity contribution in [3.8, 4) is 34.2 Å². The maximum Gasteiger partial charge on any atom is 0.145 e. The first kappa shape index (κ1) is 39.8. The summed E-state index contributed by atoms with van der Waals surface area (Å²) in [7, 11) is 0. The van der Waals surface area contributed by atoms with Gasteiger partial charge in [-0.15, -0.1) is 0 Å². The molecule has 0 saturated carbocycles. The molecule has 2 aromatic heterocycles. The first-order valence-corrected chi connectivity index (χ1v) is 23.5. The lowest BCUT2D eigenvalue weighted by Crippen LogP contribution is -2.30. The Hall–Kier alpha value is -8.48. The highest BCUT2D eigenvalue weighted by atomic mass is 15.2. The summed E-state index contributed by atoms with van der Waals surface area (Å²) >= 11 is 0. The van der Waals surface area contributed by atoms with E-state index < -0.39 is 0 Å². The normalized spacial score (nSPS) is 14.4. The molecule has 4 heterocycles. The summed E-state index contributed by atoms with van der Waals surface area (Å²) in [6, 6.07) is 78.5. The molecule has 13 rings (SSSR count). The Labute approximate surface area is 396 Å². The third-order valence-corrected chi connectivity index (χ3v) is 14.5. The zero-order chi connectivity index (χ0) is 45.7. The number of benzene rings is 9. The van der Waals surface area contributed by atoms with Crippen LogP contribution in [-0.4, -0.2) is 19.1 Å². The minimum Gasteiger partial charge on any atom is -0.310 e. The van der Waals surface area contributed by atoms with E-state index in [-0.39, 0.29) is 10.8 Å². The second-order valence-corrected chi connectivity index (χ2v) is 19.1. The SMILES string of the molecule is CC1(C)c2ccccc2N(c2ccc(-c3nc4cc5c(cc4n3-c3ccccc3)nc(-c3ccc(N4c6ccccc6C(C)(C)c6ccccc64)cc3)n5-c3ccccc3)cc2)c2ccccc21. The van der Waals surface area contributed by atoms with Crippen molar-refractivity contribution in [3.63, 3.8) is 0 Å². The zero-order valence-corrected chi connectivity index (χ0v) is 38.5. The second kappa shape index (κ2) is 15.0. The minimum absolute atomic E-state index is 0.123. The topological polar surface area (TPSA) is 42.1 Å². The fourth-order valence-corrected chi connectivity index (χ4v) is 11.1. The van der Waals surface area contributed by atoms with Gasteiger partial charge in [-0.25, -0.2) is 9.97 Å². The molecule has 6 heteroatoms. The van der Waals surface area contributed by atoms with Gasteiger partial charge in [-0.05, 0) is 131 Å². The van der Waals surface area contributed by atoms with Crippen molar-refractivity contribution < 1.29 is 0 Å². The second-order valence-electron chi connectivity index (χ2n) is 19.1. The van der Waals surface area contributed by atoms with Crippen LogP contribution in [0.2, 0.25) is 0 Å². The molecule has 0 N–H and O–H groups in total. The highest BCUT2D eigenvalue weighted by Gasteiger charge is 2.38. The van der Waals surface area contributed by atoms with E-state index in [9.17, 15) is 0 Å². The van der Waals surface area contributed by atoms with Crippen LogP contribution in [-0.2, 0) is 10.8 Å². The van der Waals surface area contributed by atoms with Crippen LogP contribution < -0.4 is 9.80 Å². The van der Waals surface area contributed by atoms with Gasteiger partial charge in [0.1, 0.15) is 11.6 Å². The molecule has 326 valence electrons. The number of imidazole rings is 2. The minimum atomic E-state index is -0.123. The molecule has 2 aliphatic rings. The monoisotopic (exact) mass is 876 g/mol. The van der Waals surface area contributed by atoms with Crippen molar-refractivity contribution in [2.75, 3.05) is 9.80 Å². The van der Waals surface area contributed by atoms with E-state index in [1.807, 2.05) is 0 Å². The van der Waals surface area contributed by atoms with Gasteiger partial charge in [0.05, 0.1) is 44.8 Å². The molecule has 9 aromatic carbocycles. The molecule has 0 saturated heterocycles. The molecular formula is C62H48N6. The lowest BCUT2D eigenvalue weighted by molar-refractivity contribution is 0.632. The van der Waals surface area contributed by atoms with Crippen LogP contribution >= 0.6 is 0 Å². The smallest absolute Gasteiger partial charge is 0.145 e. The van der Waals surface area contributed by atoms with Gasteiger partial charge in [0, 0.05) is 44.7 Å². The molecular weight excluding hydrogens is 829 g/mol. The van der Waals surface area contributed by atoms with Crippen molar-refractivity contribution in [1.82, 2.24) is 19.1 Å². The third kappa shape index (κ3) is 5.96. The maximum atomic E-state index is 5.47. The average Bonchev–Trinajstić information content (AvgIpc) is 3.95. The van der Waals surface area contributed by atoms with E-state index in [0.717, 1.165) is 67.6 Å². The Morgan fingerprint density at radius 2 is 0.603 bits per heavy atom. The number of fused-ring (bicyclic) bond motifs is 6. The first-order chi connectivity index (χ1) is 33.3. The van der Waals surface area contributed by atoms with Gasteiger partial charge in [-0.1, -0.05) is 137 Å². The first-order valence-electron chi connectivity index (χ1n) is 23.5. The predicted octanol–water partition coefficient (Wildman–Crippen LogP) is 15.9. The Morgan fingerprint density at radius 1 is 0.309 bits per heavy atom. The van der Waals surface area contributed by atoms with E-state index in [2.05, 4.69) is 265 Å². The number of para-hydroxylation sites is 6. The molecule has 0 fully saturated rings. The van der Waals surface area contributed by atoms with E-state index in [1.165, 1.54) is 45.0 Å². The summed E-state index contributed by atoms with van der Waals surface area (Å²) in [6.07, 6.45) is 0. The molecule has 0 spiro atoms. The van der Waals surface area contributed by atoms with E-state index in [0.29, 0.717) is 0 Å². The van der Waals surface area contributed by atoms with Crippen LogP contribution in [0.15, 0.2) is 218 Å². The predicted molar refractivity (Wildman–Crippen MR) is 280 cm³/mol. The highest BCUT2D eigenvalue weighted by Crippen LogP contribution is 2.53. The summed E-state index contributed by atoms with van der Waals surface area (Å²) in [4.78, 5) is 15.7. The number of hydrogen-bond acceptors (Lipinski definition) is 4. The molecule has 0 bridgehead atoms. The van der Waals surface area contributed by atoms with Crippen molar-refractivity contribution in [1.29, 1.82) is 0 Å². The summed E-state index contributed by atoms with van der Waals surface area (Å²) in [5.74, 6) is 1.75. The van der Waals surface area contributed by atoms with Crippen LogP contribution in [0.4, 0.5) is 34.1 Å². The number of anilines is 6. The van der Waals surface area contributed by atoms with Gasteiger partial charge in [-0.2, -0.15) is 0 Å². The van der Waals surface area contributed by atoms with Crippen LogP contribution in [0.25, 0.3) is 56.2 Å². The van der Waals surface area contributed by atoms with Gasteiger partial charge in [0.15, 0.2) is 0 Å². The van der Waals surface area contributed by atoms with Crippen molar-refractivity contribution in [3.05, 3.63) is 241 Å². The molecule has 0 aliphatic carbocycles. The summed E-state index contributed by atoms with van der Waals surface area (Å²) in [6.45, 7) is 9.30.